The molecule has 0 radical (unpaired) electrons. The van der Waals surface area contributed by atoms with Crippen LogP contribution in [0.4, 0.5) is 10.5 Å². The van der Waals surface area contributed by atoms with Crippen LogP contribution in [0, 0.1) is 0 Å². The second-order valence-electron chi connectivity index (χ2n) is 7.34. The van der Waals surface area contributed by atoms with E-state index in [9.17, 15) is 22.8 Å². The number of ether oxygens (including phenoxy) is 1. The van der Waals surface area contributed by atoms with Crippen LogP contribution in [0.5, 0.6) is 11.5 Å². The Bertz CT molecular complexity index is 1500. The summed E-state index contributed by atoms with van der Waals surface area (Å²) in [6, 6.07) is 14.5. The first kappa shape index (κ1) is 25.2. The molecule has 184 valence electrons. The maximum Gasteiger partial charge on any atom is 0.339 e. The number of imide groups is 2. The summed E-state index contributed by atoms with van der Waals surface area (Å²) in [6.45, 7) is 0. The van der Waals surface area contributed by atoms with Gasteiger partial charge in [0.05, 0.1) is 12.8 Å². The maximum atomic E-state index is 13.0. The fourth-order valence-corrected chi connectivity index (χ4v) is 4.45. The Kier molecular flexibility index (Phi) is 7.02. The van der Waals surface area contributed by atoms with Crippen molar-refractivity contribution in [2.24, 2.45) is 0 Å². The van der Waals surface area contributed by atoms with E-state index in [1.807, 2.05) is 0 Å². The van der Waals surface area contributed by atoms with Crippen molar-refractivity contribution in [3.63, 3.8) is 0 Å². The van der Waals surface area contributed by atoms with Gasteiger partial charge in [0, 0.05) is 10.0 Å². The van der Waals surface area contributed by atoms with Gasteiger partial charge in [-0.3, -0.25) is 14.9 Å². The number of carbonyl (C=O) groups is 3. The quantitative estimate of drug-likeness (QED) is 0.275. The van der Waals surface area contributed by atoms with Crippen LogP contribution in [0.2, 0.25) is 10.0 Å². The summed E-state index contributed by atoms with van der Waals surface area (Å²) in [7, 11) is -2.89. The van der Waals surface area contributed by atoms with Crippen molar-refractivity contribution in [2.45, 2.75) is 4.90 Å². The number of nitrogens with zero attached hydrogens (tertiary/aromatic N) is 1. The Hall–Kier alpha value is -3.86. The van der Waals surface area contributed by atoms with Crippen molar-refractivity contribution in [3.8, 4) is 11.5 Å². The Morgan fingerprint density at radius 1 is 0.861 bits per heavy atom. The molecule has 0 unspecified atom stereocenters. The Morgan fingerprint density at radius 2 is 1.47 bits per heavy atom. The molecule has 3 aromatic carbocycles. The summed E-state index contributed by atoms with van der Waals surface area (Å²) >= 11 is 11.7. The van der Waals surface area contributed by atoms with Crippen molar-refractivity contribution in [2.75, 3.05) is 12.0 Å². The van der Waals surface area contributed by atoms with Gasteiger partial charge in [-0.1, -0.05) is 29.3 Å². The fraction of sp³-hybridized carbons (Fsp3) is 0.0417. The number of amides is 4. The normalized spacial score (nSPS) is 15.1. The van der Waals surface area contributed by atoms with E-state index in [-0.39, 0.29) is 27.7 Å². The maximum absolute atomic E-state index is 13.0. The molecule has 0 aliphatic carbocycles. The number of rotatable bonds is 6. The zero-order valence-corrected chi connectivity index (χ0v) is 20.7. The number of nitrogens with one attached hydrogen (secondary N) is 1. The van der Waals surface area contributed by atoms with Crippen LogP contribution >= 0.6 is 23.2 Å². The molecule has 3 aromatic rings. The molecule has 0 aromatic heterocycles. The number of urea groups is 1. The van der Waals surface area contributed by atoms with E-state index in [2.05, 4.69) is 5.32 Å². The smallest absolute Gasteiger partial charge is 0.339 e. The number of benzene rings is 3. The van der Waals surface area contributed by atoms with Crippen LogP contribution in [0.1, 0.15) is 5.56 Å². The summed E-state index contributed by atoms with van der Waals surface area (Å²) in [6.07, 6.45) is 1.24. The standard InChI is InChI=1S/C24H16Cl2N2O7S/c1-34-21-13-14(2-11-20(21)35-36(32,33)18-9-5-16(26)6-10-18)12-19-22(29)27-24(31)28(23(19)30)17-7-3-15(25)4-8-17/h2-13H,1H3,(H,27,29,31)/b19-12+. The fourth-order valence-electron chi connectivity index (χ4n) is 3.26. The van der Waals surface area contributed by atoms with Crippen LogP contribution in [0.3, 0.4) is 0 Å². The number of methoxy groups -OCH3 is 1. The highest BCUT2D eigenvalue weighted by atomic mass is 35.5. The van der Waals surface area contributed by atoms with Gasteiger partial charge in [-0.2, -0.15) is 8.42 Å². The largest absolute Gasteiger partial charge is 0.493 e. The molecule has 0 spiro atoms. The molecule has 9 nitrogen and oxygen atoms in total. The van der Waals surface area contributed by atoms with Gasteiger partial charge in [0.1, 0.15) is 10.5 Å². The van der Waals surface area contributed by atoms with Gasteiger partial charge in [-0.25, -0.2) is 9.69 Å². The second kappa shape index (κ2) is 10.0. The highest BCUT2D eigenvalue weighted by Crippen LogP contribution is 2.32. The van der Waals surface area contributed by atoms with Crippen molar-refractivity contribution < 1.29 is 31.7 Å². The highest BCUT2D eigenvalue weighted by Gasteiger charge is 2.36. The lowest BCUT2D eigenvalue weighted by Gasteiger charge is -2.26. The monoisotopic (exact) mass is 546 g/mol. The third kappa shape index (κ3) is 5.20. The lowest BCUT2D eigenvalue weighted by Crippen LogP contribution is -2.54. The average molecular weight is 547 g/mol. The number of halogens is 2. The molecule has 0 saturated carbocycles. The number of carbonyl (C=O) groups excluding carboxylic acids is 3. The molecule has 1 N–H and O–H groups in total. The Balaban J connectivity index is 1.64. The van der Waals surface area contributed by atoms with Gasteiger partial charge in [-0.05, 0) is 72.3 Å². The first-order valence-electron chi connectivity index (χ1n) is 10.1. The van der Waals surface area contributed by atoms with Crippen molar-refractivity contribution in [1.82, 2.24) is 5.32 Å². The van der Waals surface area contributed by atoms with E-state index in [1.165, 1.54) is 79.9 Å². The highest BCUT2D eigenvalue weighted by molar-refractivity contribution is 7.87. The minimum atomic E-state index is -4.19. The summed E-state index contributed by atoms with van der Waals surface area (Å²) in [5, 5.41) is 2.89. The van der Waals surface area contributed by atoms with Gasteiger partial charge in [0.2, 0.25) is 0 Å². The third-order valence-electron chi connectivity index (χ3n) is 4.99. The van der Waals surface area contributed by atoms with Gasteiger partial charge in [0.15, 0.2) is 11.5 Å². The molecule has 0 bridgehead atoms. The molecular formula is C24H16Cl2N2O7S. The van der Waals surface area contributed by atoms with Gasteiger partial charge >= 0.3 is 16.1 Å². The molecule has 1 aliphatic rings. The minimum absolute atomic E-state index is 0.0242. The van der Waals surface area contributed by atoms with E-state index >= 15 is 0 Å². The van der Waals surface area contributed by atoms with Gasteiger partial charge in [-0.15, -0.1) is 0 Å². The Labute approximate surface area is 216 Å². The van der Waals surface area contributed by atoms with Crippen LogP contribution < -0.4 is 19.1 Å². The number of barbiturate groups is 1. The lowest BCUT2D eigenvalue weighted by atomic mass is 10.1. The summed E-state index contributed by atoms with van der Waals surface area (Å²) < 4.78 is 35.7. The van der Waals surface area contributed by atoms with Crippen molar-refractivity contribution in [1.29, 1.82) is 0 Å². The first-order valence-corrected chi connectivity index (χ1v) is 12.3. The van der Waals surface area contributed by atoms with Crippen LogP contribution in [-0.2, 0) is 19.7 Å². The van der Waals surface area contributed by atoms with Gasteiger partial charge in [0.25, 0.3) is 11.8 Å². The van der Waals surface area contributed by atoms with Gasteiger partial charge < -0.3 is 8.92 Å². The summed E-state index contributed by atoms with van der Waals surface area (Å²) in [4.78, 5) is 38.5. The molecular weight excluding hydrogens is 531 g/mol. The van der Waals surface area contributed by atoms with E-state index in [1.54, 1.807) is 0 Å². The molecule has 1 saturated heterocycles. The molecule has 1 fully saturated rings. The number of hydrogen-bond acceptors (Lipinski definition) is 7. The SMILES string of the molecule is COc1cc(/C=C2\C(=O)NC(=O)N(c3ccc(Cl)cc3)C2=O)ccc1OS(=O)(=O)c1ccc(Cl)cc1. The van der Waals surface area contributed by atoms with Crippen LogP contribution in [-0.4, -0.2) is 33.4 Å². The average Bonchev–Trinajstić information content (AvgIpc) is 2.83. The number of hydrogen-bond donors (Lipinski definition) is 1. The van der Waals surface area contributed by atoms with Crippen LogP contribution in [0.15, 0.2) is 77.2 Å². The predicted molar refractivity (Wildman–Crippen MR) is 133 cm³/mol. The molecule has 4 amide bonds. The summed E-state index contributed by atoms with van der Waals surface area (Å²) in [5.74, 6) is -1.83. The predicted octanol–water partition coefficient (Wildman–Crippen LogP) is 4.44. The molecule has 0 atom stereocenters. The summed E-state index contributed by atoms with van der Waals surface area (Å²) in [5.41, 5.74) is 0.204. The molecule has 1 heterocycles. The third-order valence-corrected chi connectivity index (χ3v) is 6.74. The molecule has 12 heteroatoms. The zero-order valence-electron chi connectivity index (χ0n) is 18.4. The van der Waals surface area contributed by atoms with E-state index in [4.69, 9.17) is 32.1 Å². The Morgan fingerprint density at radius 3 is 2.08 bits per heavy atom. The molecule has 4 rings (SSSR count). The van der Waals surface area contributed by atoms with E-state index in [0.717, 1.165) is 4.90 Å². The van der Waals surface area contributed by atoms with Crippen molar-refractivity contribution in [3.05, 3.63) is 87.9 Å². The molecule has 36 heavy (non-hydrogen) atoms. The minimum Gasteiger partial charge on any atom is -0.493 e. The zero-order chi connectivity index (χ0) is 26.0. The van der Waals surface area contributed by atoms with Crippen LogP contribution in [0.25, 0.3) is 6.08 Å². The topological polar surface area (TPSA) is 119 Å². The lowest BCUT2D eigenvalue weighted by molar-refractivity contribution is -0.122. The van der Waals surface area contributed by atoms with E-state index in [0.29, 0.717) is 15.6 Å². The van der Waals surface area contributed by atoms with E-state index < -0.39 is 28.0 Å². The molecule has 1 aliphatic heterocycles. The first-order chi connectivity index (χ1) is 17.1. The number of anilines is 1. The van der Waals surface area contributed by atoms with Crippen molar-refractivity contribution >= 4 is 62.9 Å². The second-order valence-corrected chi connectivity index (χ2v) is 9.76.